The van der Waals surface area contributed by atoms with Crippen LogP contribution in [0.15, 0.2) is 61.2 Å². The van der Waals surface area contributed by atoms with Crippen LogP contribution in [0.25, 0.3) is 11.3 Å². The highest BCUT2D eigenvalue weighted by Gasteiger charge is 2.23. The molecule has 0 fully saturated rings. The van der Waals surface area contributed by atoms with Gasteiger partial charge in [0, 0.05) is 36.9 Å². The van der Waals surface area contributed by atoms with Gasteiger partial charge in [0.2, 0.25) is 0 Å². The Labute approximate surface area is 207 Å². The van der Waals surface area contributed by atoms with Gasteiger partial charge in [-0.3, -0.25) is 4.98 Å². The average Bonchev–Trinajstić information content (AvgIpc) is 3.01. The highest BCUT2D eigenvalue weighted by atomic mass is 35.5. The Kier molecular flexibility index (Phi) is 7.68. The number of rotatable bonds is 8. The molecule has 1 aliphatic heterocycles. The van der Waals surface area contributed by atoms with Gasteiger partial charge in [-0.2, -0.15) is 0 Å². The summed E-state index contributed by atoms with van der Waals surface area (Å²) in [6.45, 7) is 10.6. The first-order valence-electron chi connectivity index (χ1n) is 12.0. The summed E-state index contributed by atoms with van der Waals surface area (Å²) in [7, 11) is 2.10. The first kappa shape index (κ1) is 24.0. The van der Waals surface area contributed by atoms with Gasteiger partial charge < -0.3 is 15.1 Å². The zero-order chi connectivity index (χ0) is 24.1. The van der Waals surface area contributed by atoms with Gasteiger partial charge in [-0.25, -0.2) is 9.97 Å². The van der Waals surface area contributed by atoms with Crippen molar-refractivity contribution in [2.45, 2.75) is 39.5 Å². The molecule has 0 amide bonds. The number of hydrogen-bond donors (Lipinski definition) is 1. The van der Waals surface area contributed by atoms with Crippen LogP contribution in [0, 0.1) is 5.92 Å². The minimum Gasteiger partial charge on any atom is -0.372 e. The lowest BCUT2D eigenvalue weighted by molar-refractivity contribution is 0.513. The Morgan fingerprint density at radius 3 is 2.82 bits per heavy atom. The second-order valence-electron chi connectivity index (χ2n) is 9.00. The van der Waals surface area contributed by atoms with E-state index in [0.717, 1.165) is 66.6 Å². The van der Waals surface area contributed by atoms with Gasteiger partial charge in [-0.1, -0.05) is 50.6 Å². The highest BCUT2D eigenvalue weighted by molar-refractivity contribution is 6.30. The molecule has 0 radical (unpaired) electrons. The van der Waals surface area contributed by atoms with Crippen LogP contribution in [-0.2, 0) is 6.42 Å². The SMILES string of the molecule is C=C(Nc1cncc(CCC(C)CC)n1)N1CCCN(C)c2ccc(-c3cccc(Cl)c3)nc21. The zero-order valence-corrected chi connectivity index (χ0v) is 21.0. The molecule has 0 spiro atoms. The number of fused-ring (bicyclic) bond motifs is 1. The summed E-state index contributed by atoms with van der Waals surface area (Å²) in [5.74, 6) is 2.99. The third-order valence-corrected chi connectivity index (χ3v) is 6.62. The second-order valence-corrected chi connectivity index (χ2v) is 9.43. The molecule has 1 aliphatic rings. The third-order valence-electron chi connectivity index (χ3n) is 6.39. The summed E-state index contributed by atoms with van der Waals surface area (Å²) in [5, 5.41) is 4.08. The van der Waals surface area contributed by atoms with Crippen molar-refractivity contribution in [2.75, 3.05) is 35.3 Å². The monoisotopic (exact) mass is 476 g/mol. The van der Waals surface area contributed by atoms with Crippen molar-refractivity contribution in [3.8, 4) is 11.3 Å². The van der Waals surface area contributed by atoms with Gasteiger partial charge in [0.1, 0.15) is 11.6 Å². The molecule has 1 atom stereocenters. The van der Waals surface area contributed by atoms with Gasteiger partial charge in [0.25, 0.3) is 0 Å². The van der Waals surface area contributed by atoms with Crippen molar-refractivity contribution in [2.24, 2.45) is 5.92 Å². The van der Waals surface area contributed by atoms with Crippen LogP contribution in [0.2, 0.25) is 5.02 Å². The lowest BCUT2D eigenvalue weighted by atomic mass is 10.0. The predicted molar refractivity (Wildman–Crippen MR) is 142 cm³/mol. The van der Waals surface area contributed by atoms with Gasteiger partial charge in [-0.15, -0.1) is 0 Å². The van der Waals surface area contributed by atoms with E-state index in [2.05, 4.69) is 53.6 Å². The Bertz CT molecular complexity index is 1150. The third kappa shape index (κ3) is 5.68. The molecule has 1 aromatic carbocycles. The van der Waals surface area contributed by atoms with E-state index in [9.17, 15) is 0 Å². The van der Waals surface area contributed by atoms with E-state index in [0.29, 0.717) is 16.8 Å². The topological polar surface area (TPSA) is 57.2 Å². The van der Waals surface area contributed by atoms with E-state index in [1.165, 1.54) is 6.42 Å². The molecule has 178 valence electrons. The normalized spacial score (nSPS) is 14.4. The first-order chi connectivity index (χ1) is 16.4. The quantitative estimate of drug-likeness (QED) is 0.406. The number of aryl methyl sites for hydroxylation is 1. The van der Waals surface area contributed by atoms with E-state index in [4.69, 9.17) is 21.6 Å². The average molecular weight is 477 g/mol. The molecule has 3 heterocycles. The number of pyridine rings is 1. The molecule has 3 aromatic rings. The van der Waals surface area contributed by atoms with Gasteiger partial charge in [0.05, 0.1) is 23.3 Å². The first-order valence-corrected chi connectivity index (χ1v) is 12.3. The fourth-order valence-corrected chi connectivity index (χ4v) is 4.29. The van der Waals surface area contributed by atoms with Crippen molar-refractivity contribution in [3.05, 3.63) is 71.9 Å². The minimum absolute atomic E-state index is 0.679. The van der Waals surface area contributed by atoms with Crippen LogP contribution in [-0.4, -0.2) is 35.1 Å². The van der Waals surface area contributed by atoms with Crippen LogP contribution in [0.3, 0.4) is 0 Å². The van der Waals surface area contributed by atoms with Crippen molar-refractivity contribution in [1.82, 2.24) is 15.0 Å². The van der Waals surface area contributed by atoms with E-state index in [1.54, 1.807) is 6.20 Å². The summed E-state index contributed by atoms with van der Waals surface area (Å²) in [6, 6.07) is 12.0. The number of nitrogens with one attached hydrogen (secondary N) is 1. The molecule has 1 unspecified atom stereocenters. The van der Waals surface area contributed by atoms with Crippen molar-refractivity contribution < 1.29 is 0 Å². The van der Waals surface area contributed by atoms with Crippen LogP contribution in [0.4, 0.5) is 17.3 Å². The summed E-state index contributed by atoms with van der Waals surface area (Å²) in [4.78, 5) is 18.6. The number of nitrogens with zero attached hydrogens (tertiary/aromatic N) is 5. The molecule has 34 heavy (non-hydrogen) atoms. The Morgan fingerprint density at radius 2 is 2.03 bits per heavy atom. The summed E-state index contributed by atoms with van der Waals surface area (Å²) in [5.41, 5.74) is 3.93. The van der Waals surface area contributed by atoms with Gasteiger partial charge >= 0.3 is 0 Å². The van der Waals surface area contributed by atoms with Crippen LogP contribution >= 0.6 is 11.6 Å². The Balaban J connectivity index is 1.59. The number of benzene rings is 1. The molecule has 0 aliphatic carbocycles. The number of anilines is 3. The summed E-state index contributed by atoms with van der Waals surface area (Å²) >= 11 is 6.23. The molecule has 1 N–H and O–H groups in total. The van der Waals surface area contributed by atoms with Gasteiger partial charge in [-0.05, 0) is 49.4 Å². The fraction of sp³-hybridized carbons (Fsp3) is 0.370. The highest BCUT2D eigenvalue weighted by Crippen LogP contribution is 2.34. The molecule has 2 aromatic heterocycles. The Hall–Kier alpha value is -3.12. The van der Waals surface area contributed by atoms with Crippen LogP contribution in [0.1, 0.15) is 38.8 Å². The molecule has 0 saturated carbocycles. The van der Waals surface area contributed by atoms with Crippen molar-refractivity contribution in [3.63, 3.8) is 0 Å². The van der Waals surface area contributed by atoms with Crippen LogP contribution < -0.4 is 15.1 Å². The van der Waals surface area contributed by atoms with Crippen molar-refractivity contribution in [1.29, 1.82) is 0 Å². The summed E-state index contributed by atoms with van der Waals surface area (Å²) in [6.07, 6.45) is 7.79. The molecule has 7 heteroatoms. The molecule has 4 rings (SSSR count). The number of halogens is 1. The van der Waals surface area contributed by atoms with Gasteiger partial charge in [0.15, 0.2) is 5.82 Å². The fourth-order valence-electron chi connectivity index (χ4n) is 4.10. The van der Waals surface area contributed by atoms with E-state index >= 15 is 0 Å². The molecular formula is C27H33ClN6. The van der Waals surface area contributed by atoms with Crippen LogP contribution in [0.5, 0.6) is 0 Å². The summed E-state index contributed by atoms with van der Waals surface area (Å²) < 4.78 is 0. The second kappa shape index (κ2) is 10.9. The Morgan fingerprint density at radius 1 is 1.18 bits per heavy atom. The zero-order valence-electron chi connectivity index (χ0n) is 20.3. The van der Waals surface area contributed by atoms with Crippen molar-refractivity contribution >= 4 is 28.9 Å². The van der Waals surface area contributed by atoms with E-state index < -0.39 is 0 Å². The number of aromatic nitrogens is 3. The standard InChI is InChI=1S/C27H33ClN6/c1-5-19(2)10-11-23-17-29-18-26(31-23)30-20(3)34-15-7-14-33(4)25-13-12-24(32-27(25)34)21-8-6-9-22(28)16-21/h6,8-9,12-13,16-19H,3,5,7,10-11,14-15H2,1-2,4H3,(H,30,31). The van der Waals surface area contributed by atoms with E-state index in [1.807, 2.05) is 36.5 Å². The maximum atomic E-state index is 6.23. The maximum absolute atomic E-state index is 6.23. The lowest BCUT2D eigenvalue weighted by Crippen LogP contribution is -2.28. The molecule has 0 saturated heterocycles. The smallest absolute Gasteiger partial charge is 0.158 e. The van der Waals surface area contributed by atoms with E-state index in [-0.39, 0.29) is 0 Å². The largest absolute Gasteiger partial charge is 0.372 e. The molecule has 0 bridgehead atoms. The number of hydrogen-bond acceptors (Lipinski definition) is 6. The molecular weight excluding hydrogens is 444 g/mol. The maximum Gasteiger partial charge on any atom is 0.158 e. The molecule has 6 nitrogen and oxygen atoms in total. The predicted octanol–water partition coefficient (Wildman–Crippen LogP) is 6.40. The minimum atomic E-state index is 0.679. The lowest BCUT2D eigenvalue weighted by Gasteiger charge is -2.27.